The van der Waals surface area contributed by atoms with Crippen molar-refractivity contribution in [2.24, 2.45) is 5.92 Å². The maximum Gasteiger partial charge on any atom is 0.125 e. The molecular formula is C15H22O3. The Kier molecular flexibility index (Phi) is 4.61. The molecule has 1 unspecified atom stereocenters. The minimum absolute atomic E-state index is 0.491. The molecule has 1 aromatic carbocycles. The summed E-state index contributed by atoms with van der Waals surface area (Å²) in [6.07, 6.45) is 1.64. The highest BCUT2D eigenvalue weighted by atomic mass is 16.5. The fraction of sp³-hybridized carbons (Fsp3) is 0.600. The summed E-state index contributed by atoms with van der Waals surface area (Å²) < 4.78 is 11.2. The number of ether oxygens (including phenoxy) is 2. The van der Waals surface area contributed by atoms with Gasteiger partial charge in [0.1, 0.15) is 5.75 Å². The maximum atomic E-state index is 9.77. The van der Waals surface area contributed by atoms with E-state index in [9.17, 15) is 5.11 Å². The average molecular weight is 250 g/mol. The van der Waals surface area contributed by atoms with Gasteiger partial charge in [-0.05, 0) is 44.7 Å². The highest BCUT2D eigenvalue weighted by molar-refractivity contribution is 5.38. The second-order valence-electron chi connectivity index (χ2n) is 5.08. The van der Waals surface area contributed by atoms with Gasteiger partial charge in [0, 0.05) is 18.8 Å². The lowest BCUT2D eigenvalue weighted by Crippen LogP contribution is -2.21. The van der Waals surface area contributed by atoms with Gasteiger partial charge in [-0.3, -0.25) is 0 Å². The van der Waals surface area contributed by atoms with Crippen LogP contribution in [0.15, 0.2) is 18.2 Å². The summed E-state index contributed by atoms with van der Waals surface area (Å²) in [6.45, 7) is 6.19. The third-order valence-corrected chi connectivity index (χ3v) is 3.43. The molecule has 0 saturated carbocycles. The topological polar surface area (TPSA) is 38.7 Å². The Labute approximate surface area is 109 Å². The van der Waals surface area contributed by atoms with E-state index in [1.54, 1.807) is 6.92 Å². The molecule has 0 aromatic heterocycles. The predicted octanol–water partition coefficient (Wildman–Crippen LogP) is 2.85. The molecule has 1 aromatic rings. The number of hydrogen-bond acceptors (Lipinski definition) is 3. The van der Waals surface area contributed by atoms with E-state index in [-0.39, 0.29) is 0 Å². The highest BCUT2D eigenvalue weighted by Gasteiger charge is 2.16. The zero-order valence-corrected chi connectivity index (χ0v) is 11.2. The number of aryl methyl sites for hydroxylation is 1. The molecule has 1 N–H and O–H groups in total. The SMILES string of the molecule is Cc1ccc(OCC2CCOCC2)c(C(C)O)c1. The quantitative estimate of drug-likeness (QED) is 0.893. The van der Waals surface area contributed by atoms with E-state index < -0.39 is 6.10 Å². The van der Waals surface area contributed by atoms with E-state index in [1.807, 2.05) is 25.1 Å². The fourth-order valence-electron chi connectivity index (χ4n) is 2.25. The number of benzene rings is 1. The molecule has 0 spiro atoms. The van der Waals surface area contributed by atoms with Crippen LogP contribution in [-0.2, 0) is 4.74 Å². The smallest absolute Gasteiger partial charge is 0.125 e. The standard InChI is InChI=1S/C15H22O3/c1-11-3-4-15(14(9-11)12(2)16)18-10-13-5-7-17-8-6-13/h3-4,9,12-13,16H,5-8,10H2,1-2H3. The van der Waals surface area contributed by atoms with Crippen LogP contribution >= 0.6 is 0 Å². The molecule has 1 aliphatic heterocycles. The minimum Gasteiger partial charge on any atom is -0.493 e. The summed E-state index contributed by atoms with van der Waals surface area (Å²) in [5, 5.41) is 9.77. The van der Waals surface area contributed by atoms with Crippen LogP contribution in [0.1, 0.15) is 37.0 Å². The summed E-state index contributed by atoms with van der Waals surface area (Å²) in [7, 11) is 0. The van der Waals surface area contributed by atoms with Gasteiger partial charge >= 0.3 is 0 Å². The number of hydrogen-bond donors (Lipinski definition) is 1. The van der Waals surface area contributed by atoms with Gasteiger partial charge in [-0.2, -0.15) is 0 Å². The van der Waals surface area contributed by atoms with Gasteiger partial charge in [0.25, 0.3) is 0 Å². The van der Waals surface area contributed by atoms with Gasteiger partial charge < -0.3 is 14.6 Å². The third kappa shape index (κ3) is 3.47. The molecule has 0 amide bonds. The first-order valence-corrected chi connectivity index (χ1v) is 6.66. The summed E-state index contributed by atoms with van der Waals surface area (Å²) in [5.41, 5.74) is 2.02. The third-order valence-electron chi connectivity index (χ3n) is 3.43. The van der Waals surface area contributed by atoms with Crippen LogP contribution < -0.4 is 4.74 Å². The maximum absolute atomic E-state index is 9.77. The molecule has 1 heterocycles. The van der Waals surface area contributed by atoms with Crippen molar-refractivity contribution in [1.82, 2.24) is 0 Å². The average Bonchev–Trinajstić information content (AvgIpc) is 2.38. The largest absolute Gasteiger partial charge is 0.493 e. The van der Waals surface area contributed by atoms with Crippen molar-refractivity contribution in [1.29, 1.82) is 0 Å². The molecule has 1 aliphatic rings. The monoisotopic (exact) mass is 250 g/mol. The Morgan fingerprint density at radius 1 is 1.39 bits per heavy atom. The second kappa shape index (κ2) is 6.21. The van der Waals surface area contributed by atoms with E-state index in [1.165, 1.54) is 0 Å². The molecule has 0 bridgehead atoms. The Balaban J connectivity index is 1.99. The molecule has 3 nitrogen and oxygen atoms in total. The van der Waals surface area contributed by atoms with Crippen LogP contribution in [0.2, 0.25) is 0 Å². The van der Waals surface area contributed by atoms with Crippen molar-refractivity contribution in [3.8, 4) is 5.75 Å². The molecule has 100 valence electrons. The van der Waals surface area contributed by atoms with E-state index in [0.717, 1.165) is 42.9 Å². The molecule has 18 heavy (non-hydrogen) atoms. The first kappa shape index (κ1) is 13.4. The van der Waals surface area contributed by atoms with Crippen LogP contribution in [0, 0.1) is 12.8 Å². The Hall–Kier alpha value is -1.06. The number of aliphatic hydroxyl groups excluding tert-OH is 1. The van der Waals surface area contributed by atoms with Crippen LogP contribution in [0.25, 0.3) is 0 Å². The Bertz CT molecular complexity index is 381. The van der Waals surface area contributed by atoms with Gasteiger partial charge in [-0.1, -0.05) is 11.6 Å². The van der Waals surface area contributed by atoms with Crippen molar-refractivity contribution < 1.29 is 14.6 Å². The normalized spacial score (nSPS) is 18.6. The van der Waals surface area contributed by atoms with Crippen molar-refractivity contribution >= 4 is 0 Å². The van der Waals surface area contributed by atoms with Gasteiger partial charge in [0.2, 0.25) is 0 Å². The molecular weight excluding hydrogens is 228 g/mol. The zero-order valence-electron chi connectivity index (χ0n) is 11.2. The molecule has 0 radical (unpaired) electrons. The van der Waals surface area contributed by atoms with E-state index >= 15 is 0 Å². The summed E-state index contributed by atoms with van der Waals surface area (Å²) in [5.74, 6) is 1.38. The lowest BCUT2D eigenvalue weighted by molar-refractivity contribution is 0.0491. The Morgan fingerprint density at radius 3 is 2.78 bits per heavy atom. The lowest BCUT2D eigenvalue weighted by Gasteiger charge is -2.23. The van der Waals surface area contributed by atoms with Crippen molar-refractivity contribution in [2.45, 2.75) is 32.8 Å². The Morgan fingerprint density at radius 2 is 2.11 bits per heavy atom. The number of aliphatic hydroxyl groups is 1. The predicted molar refractivity (Wildman–Crippen MR) is 70.9 cm³/mol. The molecule has 3 heteroatoms. The van der Waals surface area contributed by atoms with Crippen LogP contribution in [0.4, 0.5) is 0 Å². The van der Waals surface area contributed by atoms with Crippen LogP contribution in [0.3, 0.4) is 0 Å². The van der Waals surface area contributed by atoms with Gasteiger partial charge in [0.05, 0.1) is 12.7 Å². The summed E-state index contributed by atoms with van der Waals surface area (Å²) in [4.78, 5) is 0. The van der Waals surface area contributed by atoms with Gasteiger partial charge in [-0.25, -0.2) is 0 Å². The first-order chi connectivity index (χ1) is 8.66. The van der Waals surface area contributed by atoms with E-state index in [4.69, 9.17) is 9.47 Å². The summed E-state index contributed by atoms with van der Waals surface area (Å²) in [6, 6.07) is 5.96. The zero-order chi connectivity index (χ0) is 13.0. The molecule has 1 fully saturated rings. The van der Waals surface area contributed by atoms with Gasteiger partial charge in [0.15, 0.2) is 0 Å². The second-order valence-corrected chi connectivity index (χ2v) is 5.08. The first-order valence-electron chi connectivity index (χ1n) is 6.66. The number of rotatable bonds is 4. The molecule has 2 rings (SSSR count). The van der Waals surface area contributed by atoms with Crippen LogP contribution in [-0.4, -0.2) is 24.9 Å². The van der Waals surface area contributed by atoms with Crippen molar-refractivity contribution in [3.63, 3.8) is 0 Å². The fourth-order valence-corrected chi connectivity index (χ4v) is 2.25. The lowest BCUT2D eigenvalue weighted by atomic mass is 10.0. The molecule has 0 aliphatic carbocycles. The van der Waals surface area contributed by atoms with Crippen molar-refractivity contribution in [2.75, 3.05) is 19.8 Å². The minimum atomic E-state index is -0.491. The van der Waals surface area contributed by atoms with E-state index in [2.05, 4.69) is 0 Å². The van der Waals surface area contributed by atoms with Gasteiger partial charge in [-0.15, -0.1) is 0 Å². The highest BCUT2D eigenvalue weighted by Crippen LogP contribution is 2.27. The molecule has 1 saturated heterocycles. The summed E-state index contributed by atoms with van der Waals surface area (Å²) >= 11 is 0. The molecule has 1 atom stereocenters. The van der Waals surface area contributed by atoms with Crippen molar-refractivity contribution in [3.05, 3.63) is 29.3 Å². The van der Waals surface area contributed by atoms with E-state index in [0.29, 0.717) is 12.5 Å². The van der Waals surface area contributed by atoms with Crippen LogP contribution in [0.5, 0.6) is 5.75 Å².